The molecule has 0 saturated carbocycles. The summed E-state index contributed by atoms with van der Waals surface area (Å²) in [4.78, 5) is 7.08. The number of imidazole rings is 1. The van der Waals surface area contributed by atoms with E-state index in [0.717, 1.165) is 18.4 Å². The van der Waals surface area contributed by atoms with Crippen molar-refractivity contribution in [3.63, 3.8) is 0 Å². The third-order valence-electron chi connectivity index (χ3n) is 4.46. The number of aromatic nitrogens is 2. The van der Waals surface area contributed by atoms with Gasteiger partial charge in [-0.15, -0.1) is 0 Å². The van der Waals surface area contributed by atoms with Crippen LogP contribution in [-0.2, 0) is 0 Å². The summed E-state index contributed by atoms with van der Waals surface area (Å²) in [5, 5.41) is 3.48. The first-order chi connectivity index (χ1) is 8.88. The topological polar surface area (TPSA) is 33.1 Å². The Morgan fingerprint density at radius 1 is 1.39 bits per heavy atom. The van der Waals surface area contributed by atoms with E-state index < -0.39 is 0 Å². The van der Waals surface area contributed by atoms with Gasteiger partial charge in [0, 0.05) is 25.5 Å². The smallest absolute Gasteiger partial charge is 0.203 e. The lowest BCUT2D eigenvalue weighted by atomic mass is 9.84. The zero-order valence-electron chi connectivity index (χ0n) is 11.3. The van der Waals surface area contributed by atoms with Gasteiger partial charge in [-0.3, -0.25) is 0 Å². The molecule has 2 bridgehead atoms. The maximum Gasteiger partial charge on any atom is 0.203 e. The molecule has 0 radical (unpaired) electrons. The van der Waals surface area contributed by atoms with Crippen LogP contribution in [0.25, 0.3) is 0 Å². The molecule has 0 aromatic carbocycles. The van der Waals surface area contributed by atoms with Crippen LogP contribution in [0.5, 0.6) is 0 Å². The molecule has 18 heavy (non-hydrogen) atoms. The summed E-state index contributed by atoms with van der Waals surface area (Å²) in [6.45, 7) is 7.07. The number of piperidine rings is 3. The molecule has 0 amide bonds. The van der Waals surface area contributed by atoms with Crippen molar-refractivity contribution in [3.05, 3.63) is 12.4 Å². The van der Waals surface area contributed by atoms with Crippen LogP contribution in [0.2, 0.25) is 0 Å². The van der Waals surface area contributed by atoms with E-state index in [1.54, 1.807) is 0 Å². The second kappa shape index (κ2) is 5.31. The molecule has 3 aliphatic rings. The summed E-state index contributed by atoms with van der Waals surface area (Å²) in [5.41, 5.74) is 0. The number of hydrogen-bond acceptors (Lipinski definition) is 3. The quantitative estimate of drug-likeness (QED) is 0.812. The van der Waals surface area contributed by atoms with Crippen LogP contribution in [0.15, 0.2) is 12.4 Å². The number of fused-ring (bicyclic) bond motifs is 3. The van der Waals surface area contributed by atoms with Crippen molar-refractivity contribution in [1.82, 2.24) is 14.5 Å². The Balaban J connectivity index is 1.70. The summed E-state index contributed by atoms with van der Waals surface area (Å²) >= 11 is 0. The fourth-order valence-electron chi connectivity index (χ4n) is 3.34. The SMILES string of the molecule is CCCCNc1nccn1C1CN2CCC1CC2. The third-order valence-corrected chi connectivity index (χ3v) is 4.46. The van der Waals surface area contributed by atoms with Gasteiger partial charge in [-0.2, -0.15) is 0 Å². The van der Waals surface area contributed by atoms with Crippen molar-refractivity contribution >= 4 is 5.95 Å². The summed E-state index contributed by atoms with van der Waals surface area (Å²) in [7, 11) is 0. The fraction of sp³-hybridized carbons (Fsp3) is 0.786. The highest BCUT2D eigenvalue weighted by Crippen LogP contribution is 2.36. The van der Waals surface area contributed by atoms with E-state index in [-0.39, 0.29) is 0 Å². The molecule has 1 N–H and O–H groups in total. The molecular formula is C14H24N4. The predicted molar refractivity (Wildman–Crippen MR) is 73.8 cm³/mol. The van der Waals surface area contributed by atoms with Gasteiger partial charge in [0.1, 0.15) is 0 Å². The molecule has 4 nitrogen and oxygen atoms in total. The van der Waals surface area contributed by atoms with Crippen LogP contribution in [0.3, 0.4) is 0 Å². The van der Waals surface area contributed by atoms with Crippen molar-refractivity contribution < 1.29 is 0 Å². The van der Waals surface area contributed by atoms with E-state index in [2.05, 4.69) is 32.9 Å². The molecular weight excluding hydrogens is 224 g/mol. The summed E-state index contributed by atoms with van der Waals surface area (Å²) in [6, 6.07) is 0.638. The van der Waals surface area contributed by atoms with Gasteiger partial charge in [0.05, 0.1) is 6.04 Å². The Labute approximate surface area is 109 Å². The lowest BCUT2D eigenvalue weighted by molar-refractivity contribution is 0.0579. The largest absolute Gasteiger partial charge is 0.356 e. The van der Waals surface area contributed by atoms with Gasteiger partial charge >= 0.3 is 0 Å². The van der Waals surface area contributed by atoms with Crippen LogP contribution in [0.4, 0.5) is 5.95 Å². The standard InChI is InChI=1S/C14H24N4/c1-2-3-6-15-14-16-7-10-18(14)13-11-17-8-4-12(13)5-9-17/h7,10,12-13H,2-6,8-9,11H2,1H3,(H,15,16). The van der Waals surface area contributed by atoms with Crippen LogP contribution < -0.4 is 5.32 Å². The number of nitrogens with zero attached hydrogens (tertiary/aromatic N) is 3. The van der Waals surface area contributed by atoms with Crippen molar-refractivity contribution in [2.45, 2.75) is 38.6 Å². The molecule has 1 aromatic rings. The maximum atomic E-state index is 4.48. The Hall–Kier alpha value is -1.03. The zero-order valence-corrected chi connectivity index (χ0v) is 11.3. The number of anilines is 1. The molecule has 3 fully saturated rings. The number of rotatable bonds is 5. The zero-order chi connectivity index (χ0) is 12.4. The Morgan fingerprint density at radius 2 is 2.22 bits per heavy atom. The van der Waals surface area contributed by atoms with E-state index in [1.807, 2.05) is 6.20 Å². The van der Waals surface area contributed by atoms with E-state index in [1.165, 1.54) is 45.3 Å². The van der Waals surface area contributed by atoms with Crippen LogP contribution in [0, 0.1) is 5.92 Å². The summed E-state index contributed by atoms with van der Waals surface area (Å²) in [5.74, 6) is 1.93. The Morgan fingerprint density at radius 3 is 2.89 bits per heavy atom. The van der Waals surface area contributed by atoms with Crippen LogP contribution in [0.1, 0.15) is 38.6 Å². The first-order valence-corrected chi connectivity index (χ1v) is 7.37. The maximum absolute atomic E-state index is 4.48. The van der Waals surface area contributed by atoms with E-state index in [4.69, 9.17) is 0 Å². The second-order valence-electron chi connectivity index (χ2n) is 5.64. The molecule has 4 heterocycles. The van der Waals surface area contributed by atoms with Gasteiger partial charge in [0.2, 0.25) is 5.95 Å². The molecule has 1 atom stereocenters. The average molecular weight is 248 g/mol. The molecule has 1 aromatic heterocycles. The number of hydrogen-bond donors (Lipinski definition) is 1. The van der Waals surface area contributed by atoms with Crippen molar-refractivity contribution in [2.24, 2.45) is 5.92 Å². The van der Waals surface area contributed by atoms with Crippen molar-refractivity contribution in [1.29, 1.82) is 0 Å². The second-order valence-corrected chi connectivity index (χ2v) is 5.64. The normalized spacial score (nSPS) is 30.6. The molecule has 3 aliphatic heterocycles. The molecule has 3 saturated heterocycles. The van der Waals surface area contributed by atoms with Crippen molar-refractivity contribution in [3.8, 4) is 0 Å². The van der Waals surface area contributed by atoms with Crippen LogP contribution in [-0.4, -0.2) is 40.6 Å². The molecule has 100 valence electrons. The highest BCUT2D eigenvalue weighted by Gasteiger charge is 2.35. The summed E-state index contributed by atoms with van der Waals surface area (Å²) < 4.78 is 2.38. The minimum Gasteiger partial charge on any atom is -0.356 e. The Bertz CT molecular complexity index is 379. The average Bonchev–Trinajstić information content (AvgIpc) is 2.89. The highest BCUT2D eigenvalue weighted by molar-refractivity contribution is 5.27. The van der Waals surface area contributed by atoms with Gasteiger partial charge in [-0.1, -0.05) is 13.3 Å². The molecule has 4 heteroatoms. The molecule has 1 unspecified atom stereocenters. The van der Waals surface area contributed by atoms with Gasteiger partial charge in [-0.25, -0.2) is 4.98 Å². The number of unbranched alkanes of at least 4 members (excludes halogenated alkanes) is 1. The Kier molecular flexibility index (Phi) is 3.55. The first-order valence-electron chi connectivity index (χ1n) is 7.37. The molecule has 0 spiro atoms. The minimum atomic E-state index is 0.638. The van der Waals surface area contributed by atoms with Gasteiger partial charge < -0.3 is 14.8 Å². The minimum absolute atomic E-state index is 0.638. The highest BCUT2D eigenvalue weighted by atomic mass is 15.3. The lowest BCUT2D eigenvalue weighted by Crippen LogP contribution is -2.48. The van der Waals surface area contributed by atoms with E-state index >= 15 is 0 Å². The summed E-state index contributed by atoms with van der Waals surface area (Å²) in [6.07, 6.45) is 9.25. The lowest BCUT2D eigenvalue weighted by Gasteiger charge is -2.45. The van der Waals surface area contributed by atoms with Crippen molar-refractivity contribution in [2.75, 3.05) is 31.5 Å². The van der Waals surface area contributed by atoms with Gasteiger partial charge in [0.25, 0.3) is 0 Å². The number of nitrogens with one attached hydrogen (secondary N) is 1. The first kappa shape index (κ1) is 12.0. The fourth-order valence-corrected chi connectivity index (χ4v) is 3.34. The molecule has 4 rings (SSSR count). The van der Waals surface area contributed by atoms with Crippen LogP contribution >= 0.6 is 0 Å². The molecule has 0 aliphatic carbocycles. The van der Waals surface area contributed by atoms with E-state index in [9.17, 15) is 0 Å². The monoisotopic (exact) mass is 248 g/mol. The van der Waals surface area contributed by atoms with E-state index in [0.29, 0.717) is 6.04 Å². The van der Waals surface area contributed by atoms with Gasteiger partial charge in [-0.05, 0) is 38.3 Å². The van der Waals surface area contributed by atoms with Gasteiger partial charge in [0.15, 0.2) is 0 Å². The predicted octanol–water partition coefficient (Wildman–Crippen LogP) is 2.36. The third kappa shape index (κ3) is 2.26.